The first-order valence-electron chi connectivity index (χ1n) is 6.03. The molecule has 0 saturated carbocycles. The second kappa shape index (κ2) is 5.96. The van der Waals surface area contributed by atoms with Crippen molar-refractivity contribution >= 4 is 35.0 Å². The van der Waals surface area contributed by atoms with E-state index < -0.39 is 17.7 Å². The molecular weight excluding hydrogens is 278 g/mol. The van der Waals surface area contributed by atoms with Gasteiger partial charge in [0.25, 0.3) is 0 Å². The summed E-state index contributed by atoms with van der Waals surface area (Å²) in [6, 6.07) is 6.90. The number of nitrogens with one attached hydrogen (secondary N) is 2. The number of aliphatic carboxylic acids is 1. The molecule has 0 aliphatic carbocycles. The fourth-order valence-corrected chi connectivity index (χ4v) is 2.76. The Morgan fingerprint density at radius 2 is 2.20 bits per heavy atom. The summed E-state index contributed by atoms with van der Waals surface area (Å²) in [5.74, 6) is -0.582. The topological polar surface area (TPSA) is 90.8 Å². The van der Waals surface area contributed by atoms with Crippen LogP contribution in [0.15, 0.2) is 29.3 Å². The normalized spacial score (nSPS) is 20.6. The van der Waals surface area contributed by atoms with Gasteiger partial charge < -0.3 is 15.7 Å². The Balaban J connectivity index is 2.04. The summed E-state index contributed by atoms with van der Waals surface area (Å²) in [5.41, 5.74) is 2.12. The molecule has 1 unspecified atom stereocenters. The first-order valence-corrected chi connectivity index (χ1v) is 7.07. The zero-order chi connectivity index (χ0) is 14.6. The average molecular weight is 293 g/mol. The highest BCUT2D eigenvalue weighted by molar-refractivity contribution is 8.12. The summed E-state index contributed by atoms with van der Waals surface area (Å²) in [4.78, 5) is 27.0. The van der Waals surface area contributed by atoms with Crippen LogP contribution in [0.3, 0.4) is 0 Å². The van der Waals surface area contributed by atoms with Crippen LogP contribution in [0.4, 0.5) is 10.5 Å². The third kappa shape index (κ3) is 3.51. The van der Waals surface area contributed by atoms with Gasteiger partial charge >= 0.3 is 12.0 Å². The van der Waals surface area contributed by atoms with Gasteiger partial charge in [-0.3, -0.25) is 9.79 Å². The lowest BCUT2D eigenvalue weighted by Crippen LogP contribution is -2.50. The minimum absolute atomic E-state index is 0.238. The number of amides is 2. The first kappa shape index (κ1) is 14.4. The maximum Gasteiger partial charge on any atom is 0.321 e. The number of carboxylic acid groups (broad SMARTS) is 1. The van der Waals surface area contributed by atoms with E-state index in [4.69, 9.17) is 5.11 Å². The molecule has 0 radical (unpaired) electrons. The van der Waals surface area contributed by atoms with Crippen LogP contribution in [0.25, 0.3) is 0 Å². The van der Waals surface area contributed by atoms with Crippen molar-refractivity contribution in [3.8, 4) is 0 Å². The molecule has 1 aromatic carbocycles. The van der Waals surface area contributed by atoms with Crippen molar-refractivity contribution in [3.63, 3.8) is 0 Å². The monoisotopic (exact) mass is 293 g/mol. The highest BCUT2D eigenvalue weighted by Crippen LogP contribution is 2.25. The van der Waals surface area contributed by atoms with Gasteiger partial charge in [0.1, 0.15) is 0 Å². The Kier molecular flexibility index (Phi) is 4.29. The second-order valence-electron chi connectivity index (χ2n) is 4.54. The molecule has 7 heteroatoms. The lowest BCUT2D eigenvalue weighted by molar-refractivity contribution is -0.138. The van der Waals surface area contributed by atoms with E-state index in [0.717, 1.165) is 5.56 Å². The molecule has 1 aliphatic rings. The van der Waals surface area contributed by atoms with Crippen molar-refractivity contribution in [2.24, 2.45) is 4.99 Å². The van der Waals surface area contributed by atoms with Crippen LogP contribution in [0.5, 0.6) is 0 Å². The quantitative estimate of drug-likeness (QED) is 0.792. The number of aryl methyl sites for hydroxylation is 1. The molecular formula is C13H15N3O3S. The summed E-state index contributed by atoms with van der Waals surface area (Å²) in [6.07, 6.45) is -0.238. The van der Waals surface area contributed by atoms with Gasteiger partial charge in [-0.2, -0.15) is 0 Å². The van der Waals surface area contributed by atoms with Crippen molar-refractivity contribution in [3.05, 3.63) is 29.8 Å². The molecule has 0 aromatic heterocycles. The van der Waals surface area contributed by atoms with Gasteiger partial charge in [-0.05, 0) is 18.6 Å². The molecule has 0 bridgehead atoms. The number of rotatable bonds is 4. The van der Waals surface area contributed by atoms with Crippen LogP contribution in [0.2, 0.25) is 0 Å². The lowest BCUT2D eigenvalue weighted by Gasteiger charge is -2.25. The van der Waals surface area contributed by atoms with Crippen LogP contribution in [0.1, 0.15) is 12.0 Å². The molecule has 1 atom stereocenters. The summed E-state index contributed by atoms with van der Waals surface area (Å²) >= 11 is 1.38. The zero-order valence-corrected chi connectivity index (χ0v) is 11.7. The second-order valence-corrected chi connectivity index (χ2v) is 5.37. The van der Waals surface area contributed by atoms with Crippen molar-refractivity contribution in [2.75, 3.05) is 11.1 Å². The van der Waals surface area contributed by atoms with Gasteiger partial charge in [0.05, 0.1) is 12.0 Å². The molecule has 0 fully saturated rings. The maximum absolute atomic E-state index is 12.0. The molecule has 1 aromatic rings. The summed E-state index contributed by atoms with van der Waals surface area (Å²) < 4.78 is 0. The highest BCUT2D eigenvalue weighted by Gasteiger charge is 2.36. The molecule has 2 rings (SSSR count). The number of aliphatic imine (C=N–C) groups is 1. The SMILES string of the molecule is Cc1ccccc1NC(=O)NC1(CC(=O)O)CSC=N1. The van der Waals surface area contributed by atoms with Crippen LogP contribution < -0.4 is 10.6 Å². The Morgan fingerprint density at radius 1 is 1.45 bits per heavy atom. The molecule has 20 heavy (non-hydrogen) atoms. The number of para-hydroxylation sites is 1. The van der Waals surface area contributed by atoms with Gasteiger partial charge in [0, 0.05) is 11.4 Å². The predicted molar refractivity (Wildman–Crippen MR) is 79.3 cm³/mol. The van der Waals surface area contributed by atoms with Crippen molar-refractivity contribution in [1.29, 1.82) is 0 Å². The van der Waals surface area contributed by atoms with E-state index in [2.05, 4.69) is 15.6 Å². The van der Waals surface area contributed by atoms with Crippen LogP contribution >= 0.6 is 11.8 Å². The molecule has 106 valence electrons. The number of carbonyl (C=O) groups excluding carboxylic acids is 1. The van der Waals surface area contributed by atoms with E-state index in [9.17, 15) is 9.59 Å². The summed E-state index contributed by atoms with van der Waals surface area (Å²) in [6.45, 7) is 1.88. The van der Waals surface area contributed by atoms with Gasteiger partial charge in [-0.1, -0.05) is 18.2 Å². The number of anilines is 1. The maximum atomic E-state index is 12.0. The number of carboxylic acids is 1. The molecule has 3 N–H and O–H groups in total. The Morgan fingerprint density at radius 3 is 2.80 bits per heavy atom. The van der Waals surface area contributed by atoms with Crippen LogP contribution in [-0.2, 0) is 4.79 Å². The number of hydrogen-bond acceptors (Lipinski definition) is 4. The Labute approximate surface area is 120 Å². The zero-order valence-electron chi connectivity index (χ0n) is 10.9. The number of nitrogens with zero attached hydrogens (tertiary/aromatic N) is 1. The fraction of sp³-hybridized carbons (Fsp3) is 0.308. The van der Waals surface area contributed by atoms with E-state index in [1.54, 1.807) is 11.6 Å². The largest absolute Gasteiger partial charge is 0.481 e. The molecule has 6 nitrogen and oxygen atoms in total. The predicted octanol–water partition coefficient (Wildman–Crippen LogP) is 2.06. The average Bonchev–Trinajstić information content (AvgIpc) is 2.79. The molecule has 0 saturated heterocycles. The van der Waals surface area contributed by atoms with Gasteiger partial charge in [-0.25, -0.2) is 4.79 Å². The summed E-state index contributed by atoms with van der Waals surface area (Å²) in [5, 5.41) is 14.3. The van der Waals surface area contributed by atoms with Gasteiger partial charge in [0.15, 0.2) is 5.66 Å². The van der Waals surface area contributed by atoms with Gasteiger partial charge in [0.2, 0.25) is 0 Å². The number of benzene rings is 1. The van der Waals surface area contributed by atoms with Crippen LogP contribution in [-0.4, -0.2) is 34.1 Å². The van der Waals surface area contributed by atoms with E-state index >= 15 is 0 Å². The first-order chi connectivity index (χ1) is 9.51. The number of thioether (sulfide) groups is 1. The Hall–Kier alpha value is -2.02. The third-order valence-electron chi connectivity index (χ3n) is 2.88. The van der Waals surface area contributed by atoms with E-state index in [1.807, 2.05) is 25.1 Å². The fourth-order valence-electron chi connectivity index (χ4n) is 1.89. The van der Waals surface area contributed by atoms with Crippen molar-refractivity contribution < 1.29 is 14.7 Å². The molecule has 1 heterocycles. The number of urea groups is 1. The van der Waals surface area contributed by atoms with Crippen molar-refractivity contribution in [1.82, 2.24) is 5.32 Å². The Bertz CT molecular complexity index is 562. The van der Waals surface area contributed by atoms with E-state index in [-0.39, 0.29) is 6.42 Å². The summed E-state index contributed by atoms with van der Waals surface area (Å²) in [7, 11) is 0. The highest BCUT2D eigenvalue weighted by atomic mass is 32.2. The third-order valence-corrected chi connectivity index (χ3v) is 3.78. The minimum atomic E-state index is -1.07. The molecule has 0 spiro atoms. The van der Waals surface area contributed by atoms with Crippen molar-refractivity contribution in [2.45, 2.75) is 19.0 Å². The van der Waals surface area contributed by atoms with Gasteiger partial charge in [-0.15, -0.1) is 11.8 Å². The molecule has 1 aliphatic heterocycles. The molecule has 2 amide bonds. The lowest BCUT2D eigenvalue weighted by atomic mass is 10.1. The van der Waals surface area contributed by atoms with E-state index in [0.29, 0.717) is 11.4 Å². The van der Waals surface area contributed by atoms with E-state index in [1.165, 1.54) is 11.8 Å². The number of carbonyl (C=O) groups is 2. The number of hydrogen-bond donors (Lipinski definition) is 3. The standard InChI is InChI=1S/C13H15N3O3S/c1-9-4-2-3-5-10(9)15-12(19)16-13(6-11(17)18)7-20-8-14-13/h2-5,8H,6-7H2,1H3,(H,17,18)(H2,15,16,19). The minimum Gasteiger partial charge on any atom is -0.481 e. The smallest absolute Gasteiger partial charge is 0.321 e. The van der Waals surface area contributed by atoms with Crippen LogP contribution in [0, 0.1) is 6.92 Å².